The molecule has 3 nitrogen and oxygen atoms in total. The highest BCUT2D eigenvalue weighted by molar-refractivity contribution is 5.70. The Morgan fingerprint density at radius 1 is 1.00 bits per heavy atom. The molecule has 1 heterocycles. The van der Waals surface area contributed by atoms with Gasteiger partial charge in [-0.25, -0.2) is 4.39 Å². The number of hydrogen-bond acceptors (Lipinski definition) is 2. The van der Waals surface area contributed by atoms with Crippen molar-refractivity contribution in [2.75, 3.05) is 13.1 Å². The van der Waals surface area contributed by atoms with Crippen molar-refractivity contribution < 1.29 is 14.3 Å². The van der Waals surface area contributed by atoms with Crippen molar-refractivity contribution in [3.05, 3.63) is 58.9 Å². The molecule has 2 aromatic carbocycles. The fourth-order valence-corrected chi connectivity index (χ4v) is 4.86. The molecule has 0 amide bonds. The lowest BCUT2D eigenvalue weighted by atomic mass is 9.97. The molecule has 0 aromatic heterocycles. The van der Waals surface area contributed by atoms with E-state index in [2.05, 4.69) is 23.1 Å². The highest BCUT2D eigenvalue weighted by Crippen LogP contribution is 2.43. The van der Waals surface area contributed by atoms with Gasteiger partial charge in [0.1, 0.15) is 5.82 Å². The number of likely N-dealkylation sites (tertiary alicyclic amines) is 1. The SMILES string of the molecule is O=C(O)[C@@H]1CCN(C2CCc3cc(-c4ccc(C5CC5)c(F)c4)ccc32)C1. The molecule has 0 bridgehead atoms. The van der Waals surface area contributed by atoms with Crippen molar-refractivity contribution in [2.24, 2.45) is 5.92 Å². The number of rotatable bonds is 4. The zero-order chi connectivity index (χ0) is 18.5. The summed E-state index contributed by atoms with van der Waals surface area (Å²) in [4.78, 5) is 13.6. The Kier molecular flexibility index (Phi) is 4.05. The van der Waals surface area contributed by atoms with Gasteiger partial charge in [-0.1, -0.05) is 30.3 Å². The molecule has 4 heteroatoms. The molecule has 140 valence electrons. The standard InChI is InChI=1S/C23H24FNO2/c24-21-12-16(3-6-19(21)14-1-2-14)15-4-7-20-17(11-15)5-8-22(20)25-10-9-18(13-25)23(26)27/h3-4,6-7,11-12,14,18,22H,1-2,5,8-10,13H2,(H,26,27)/t18-,22?/m1/s1. The zero-order valence-corrected chi connectivity index (χ0v) is 15.3. The fourth-order valence-electron chi connectivity index (χ4n) is 4.86. The van der Waals surface area contributed by atoms with Gasteiger partial charge in [0.2, 0.25) is 0 Å². The molecule has 1 saturated heterocycles. The number of aryl methyl sites for hydroxylation is 1. The molecule has 2 aromatic rings. The Balaban J connectivity index is 1.38. The maximum absolute atomic E-state index is 14.4. The molecule has 5 rings (SSSR count). The van der Waals surface area contributed by atoms with E-state index in [1.165, 1.54) is 11.1 Å². The molecule has 2 atom stereocenters. The van der Waals surface area contributed by atoms with Crippen molar-refractivity contribution >= 4 is 5.97 Å². The van der Waals surface area contributed by atoms with Crippen molar-refractivity contribution in [3.8, 4) is 11.1 Å². The molecule has 1 N–H and O–H groups in total. The molecule has 1 unspecified atom stereocenters. The van der Waals surface area contributed by atoms with Crippen LogP contribution >= 0.6 is 0 Å². The van der Waals surface area contributed by atoms with E-state index in [4.69, 9.17) is 0 Å². The number of benzene rings is 2. The predicted octanol–water partition coefficient (Wildman–Crippen LogP) is 4.76. The first-order valence-corrected chi connectivity index (χ1v) is 9.99. The van der Waals surface area contributed by atoms with Gasteiger partial charge < -0.3 is 5.11 Å². The molecule has 27 heavy (non-hydrogen) atoms. The van der Waals surface area contributed by atoms with E-state index in [1.807, 2.05) is 12.1 Å². The second-order valence-corrected chi connectivity index (χ2v) is 8.30. The predicted molar refractivity (Wildman–Crippen MR) is 102 cm³/mol. The number of fused-ring (bicyclic) bond motifs is 1. The minimum absolute atomic E-state index is 0.0786. The van der Waals surface area contributed by atoms with E-state index in [1.54, 1.807) is 6.07 Å². The third kappa shape index (κ3) is 3.06. The lowest BCUT2D eigenvalue weighted by Crippen LogP contribution is -2.26. The van der Waals surface area contributed by atoms with Crippen LogP contribution in [0.3, 0.4) is 0 Å². The summed E-state index contributed by atoms with van der Waals surface area (Å²) >= 11 is 0. The molecule has 1 saturated carbocycles. The van der Waals surface area contributed by atoms with Crippen LogP contribution in [0.2, 0.25) is 0 Å². The first-order chi connectivity index (χ1) is 13.1. The largest absolute Gasteiger partial charge is 0.481 e. The van der Waals surface area contributed by atoms with Crippen LogP contribution in [-0.2, 0) is 11.2 Å². The topological polar surface area (TPSA) is 40.5 Å². The molecule has 3 aliphatic rings. The summed E-state index contributed by atoms with van der Waals surface area (Å²) in [7, 11) is 0. The number of aliphatic carboxylic acids is 1. The van der Waals surface area contributed by atoms with E-state index in [9.17, 15) is 14.3 Å². The fraction of sp³-hybridized carbons (Fsp3) is 0.435. The van der Waals surface area contributed by atoms with Gasteiger partial charge in [-0.05, 0) is 78.5 Å². The average molecular weight is 365 g/mol. The summed E-state index contributed by atoms with van der Waals surface area (Å²) in [6.45, 7) is 1.51. The van der Waals surface area contributed by atoms with Gasteiger partial charge in [-0.3, -0.25) is 9.69 Å². The van der Waals surface area contributed by atoms with Gasteiger partial charge in [0.05, 0.1) is 5.92 Å². The van der Waals surface area contributed by atoms with Gasteiger partial charge in [-0.15, -0.1) is 0 Å². The van der Waals surface area contributed by atoms with Crippen molar-refractivity contribution in [1.82, 2.24) is 4.90 Å². The van der Waals surface area contributed by atoms with Gasteiger partial charge in [-0.2, -0.15) is 0 Å². The maximum atomic E-state index is 14.4. The lowest BCUT2D eigenvalue weighted by molar-refractivity contribution is -0.141. The Hall–Kier alpha value is -2.20. The summed E-state index contributed by atoms with van der Waals surface area (Å²) in [5.74, 6) is -0.566. The quantitative estimate of drug-likeness (QED) is 0.849. The van der Waals surface area contributed by atoms with E-state index < -0.39 is 5.97 Å². The Bertz CT molecular complexity index is 905. The Morgan fingerprint density at radius 3 is 2.41 bits per heavy atom. The number of hydrogen-bond donors (Lipinski definition) is 1. The minimum atomic E-state index is -0.678. The monoisotopic (exact) mass is 365 g/mol. The minimum Gasteiger partial charge on any atom is -0.481 e. The van der Waals surface area contributed by atoms with Gasteiger partial charge in [0.25, 0.3) is 0 Å². The molecule has 1 aliphatic heterocycles. The summed E-state index contributed by atoms with van der Waals surface area (Å²) < 4.78 is 14.4. The molecular formula is C23H24FNO2. The highest BCUT2D eigenvalue weighted by Gasteiger charge is 2.35. The Labute approximate surface area is 158 Å². The molecule has 2 fully saturated rings. The van der Waals surface area contributed by atoms with Crippen LogP contribution in [0.25, 0.3) is 11.1 Å². The second-order valence-electron chi connectivity index (χ2n) is 8.30. The number of carbonyl (C=O) groups is 1. The van der Waals surface area contributed by atoms with Gasteiger partial charge in [0, 0.05) is 12.6 Å². The summed E-state index contributed by atoms with van der Waals surface area (Å²) in [5, 5.41) is 9.25. The third-order valence-electron chi connectivity index (χ3n) is 6.55. The average Bonchev–Trinajstić information content (AvgIpc) is 3.22. The van der Waals surface area contributed by atoms with Gasteiger partial charge >= 0.3 is 5.97 Å². The molecular weight excluding hydrogens is 341 g/mol. The van der Waals surface area contributed by atoms with E-state index >= 15 is 0 Å². The number of halogens is 1. The van der Waals surface area contributed by atoms with Crippen LogP contribution in [0.15, 0.2) is 36.4 Å². The summed E-state index contributed by atoms with van der Waals surface area (Å²) in [6, 6.07) is 12.5. The van der Waals surface area contributed by atoms with Crippen LogP contribution in [0.1, 0.15) is 54.3 Å². The number of nitrogens with zero attached hydrogens (tertiary/aromatic N) is 1. The smallest absolute Gasteiger partial charge is 0.307 e. The van der Waals surface area contributed by atoms with E-state index in [-0.39, 0.29) is 11.7 Å². The van der Waals surface area contributed by atoms with Crippen LogP contribution < -0.4 is 0 Å². The first-order valence-electron chi connectivity index (χ1n) is 9.99. The first kappa shape index (κ1) is 16.9. The normalized spacial score (nSPS) is 24.9. The summed E-state index contributed by atoms with van der Waals surface area (Å²) in [5.41, 5.74) is 5.51. The second kappa shape index (κ2) is 6.45. The van der Waals surface area contributed by atoms with Crippen molar-refractivity contribution in [3.63, 3.8) is 0 Å². The van der Waals surface area contributed by atoms with Crippen LogP contribution in [0.5, 0.6) is 0 Å². The van der Waals surface area contributed by atoms with Crippen molar-refractivity contribution in [2.45, 2.75) is 44.1 Å². The number of carboxylic acid groups (broad SMARTS) is 1. The van der Waals surface area contributed by atoms with Crippen LogP contribution in [0.4, 0.5) is 4.39 Å². The summed E-state index contributed by atoms with van der Waals surface area (Å²) in [6.07, 6.45) is 5.00. The highest BCUT2D eigenvalue weighted by atomic mass is 19.1. The maximum Gasteiger partial charge on any atom is 0.307 e. The van der Waals surface area contributed by atoms with E-state index in [0.29, 0.717) is 18.5 Å². The van der Waals surface area contributed by atoms with Crippen LogP contribution in [0, 0.1) is 11.7 Å². The van der Waals surface area contributed by atoms with E-state index in [0.717, 1.165) is 55.3 Å². The number of carboxylic acids is 1. The van der Waals surface area contributed by atoms with Crippen molar-refractivity contribution in [1.29, 1.82) is 0 Å². The Morgan fingerprint density at radius 2 is 1.74 bits per heavy atom. The molecule has 0 spiro atoms. The molecule has 2 aliphatic carbocycles. The third-order valence-corrected chi connectivity index (χ3v) is 6.55. The van der Waals surface area contributed by atoms with Gasteiger partial charge in [0.15, 0.2) is 0 Å². The lowest BCUT2D eigenvalue weighted by Gasteiger charge is -2.24. The molecule has 0 radical (unpaired) electrons. The zero-order valence-electron chi connectivity index (χ0n) is 15.3. The van der Waals surface area contributed by atoms with Crippen LogP contribution in [-0.4, -0.2) is 29.1 Å².